The van der Waals surface area contributed by atoms with Crippen molar-refractivity contribution in [2.24, 2.45) is 5.92 Å². The fourth-order valence-electron chi connectivity index (χ4n) is 1.02. The number of nitrogens with one attached hydrogen (secondary N) is 1. The maximum Gasteiger partial charge on any atom is 0.324 e. The third kappa shape index (κ3) is 1.81. The predicted molar refractivity (Wildman–Crippen MR) is 40.3 cm³/mol. The number of hydrogen-bond donors (Lipinski definition) is 1. The topological polar surface area (TPSA) is 66.5 Å². The van der Waals surface area contributed by atoms with Crippen molar-refractivity contribution in [2.45, 2.75) is 6.92 Å². The molecule has 0 aromatic carbocycles. The van der Waals surface area contributed by atoms with Crippen LogP contribution in [-0.2, 0) is 9.59 Å². The van der Waals surface area contributed by atoms with Gasteiger partial charge < -0.3 is 9.69 Å². The molecule has 1 atom stereocenters. The lowest BCUT2D eigenvalue weighted by molar-refractivity contribution is -0.118. The predicted octanol–water partition coefficient (Wildman–Crippen LogP) is -0.627. The summed E-state index contributed by atoms with van der Waals surface area (Å²) in [7, 11) is 0. The number of imide groups is 1. The Labute approximate surface area is 69.7 Å². The molecule has 3 amide bonds. The standard InChI is InChI=1S/C7H10N2O3/c1-5(4-10)2-9-3-6(11)8-7(9)12/h4-5H,2-3H2,1H3,(H,8,11,12). The van der Waals surface area contributed by atoms with E-state index in [4.69, 9.17) is 0 Å². The fraction of sp³-hybridized carbons (Fsp3) is 0.571. The zero-order valence-corrected chi connectivity index (χ0v) is 6.74. The Hall–Kier alpha value is -1.39. The second-order valence-corrected chi connectivity index (χ2v) is 2.85. The number of hydrogen-bond acceptors (Lipinski definition) is 3. The van der Waals surface area contributed by atoms with Gasteiger partial charge in [0.15, 0.2) is 0 Å². The van der Waals surface area contributed by atoms with Crippen molar-refractivity contribution < 1.29 is 14.4 Å². The molecule has 0 bridgehead atoms. The Morgan fingerprint density at radius 2 is 2.33 bits per heavy atom. The molecule has 0 aromatic rings. The van der Waals surface area contributed by atoms with Crippen LogP contribution in [0.25, 0.3) is 0 Å². The van der Waals surface area contributed by atoms with Gasteiger partial charge in [0.1, 0.15) is 12.8 Å². The summed E-state index contributed by atoms with van der Waals surface area (Å²) in [5.74, 6) is -0.528. The number of rotatable bonds is 3. The molecule has 66 valence electrons. The normalized spacial score (nSPS) is 19.2. The molecule has 1 rings (SSSR count). The van der Waals surface area contributed by atoms with E-state index in [-0.39, 0.29) is 18.4 Å². The van der Waals surface area contributed by atoms with Gasteiger partial charge in [-0.3, -0.25) is 10.1 Å². The van der Waals surface area contributed by atoms with Crippen molar-refractivity contribution in [2.75, 3.05) is 13.1 Å². The van der Waals surface area contributed by atoms with Crippen LogP contribution in [0.1, 0.15) is 6.92 Å². The lowest BCUT2D eigenvalue weighted by Gasteiger charge is -2.14. The zero-order valence-electron chi connectivity index (χ0n) is 6.74. The van der Waals surface area contributed by atoms with E-state index in [1.165, 1.54) is 4.90 Å². The summed E-state index contributed by atoms with van der Waals surface area (Å²) in [5.41, 5.74) is 0. The summed E-state index contributed by atoms with van der Waals surface area (Å²) < 4.78 is 0. The van der Waals surface area contributed by atoms with Crippen molar-refractivity contribution in [1.82, 2.24) is 10.2 Å². The molecule has 0 radical (unpaired) electrons. The van der Waals surface area contributed by atoms with E-state index in [2.05, 4.69) is 5.32 Å². The lowest BCUT2D eigenvalue weighted by Crippen LogP contribution is -2.32. The largest absolute Gasteiger partial charge is 0.324 e. The molecule has 5 heteroatoms. The monoisotopic (exact) mass is 170 g/mol. The molecule has 5 nitrogen and oxygen atoms in total. The molecule has 1 fully saturated rings. The summed E-state index contributed by atoms with van der Waals surface area (Å²) in [6, 6.07) is -0.409. The van der Waals surface area contributed by atoms with Crippen LogP contribution in [0.2, 0.25) is 0 Å². The Morgan fingerprint density at radius 3 is 2.75 bits per heavy atom. The second-order valence-electron chi connectivity index (χ2n) is 2.85. The average molecular weight is 170 g/mol. The van der Waals surface area contributed by atoms with Crippen molar-refractivity contribution in [3.8, 4) is 0 Å². The highest BCUT2D eigenvalue weighted by atomic mass is 16.2. The van der Waals surface area contributed by atoms with Crippen LogP contribution in [0.3, 0.4) is 0 Å². The van der Waals surface area contributed by atoms with E-state index in [1.54, 1.807) is 6.92 Å². The zero-order chi connectivity index (χ0) is 9.14. The quantitative estimate of drug-likeness (QED) is 0.453. The molecule has 0 aromatic heterocycles. The van der Waals surface area contributed by atoms with Crippen molar-refractivity contribution in [1.29, 1.82) is 0 Å². The second kappa shape index (κ2) is 3.34. The molecule has 1 N–H and O–H groups in total. The maximum absolute atomic E-state index is 10.9. The highest BCUT2D eigenvalue weighted by Gasteiger charge is 2.27. The number of aldehydes is 1. The van der Waals surface area contributed by atoms with Gasteiger partial charge in [0.2, 0.25) is 5.91 Å². The van der Waals surface area contributed by atoms with Crippen LogP contribution in [0.5, 0.6) is 0 Å². The molecular weight excluding hydrogens is 160 g/mol. The lowest BCUT2D eigenvalue weighted by atomic mass is 10.2. The maximum atomic E-state index is 10.9. The van der Waals surface area contributed by atoms with Crippen LogP contribution in [0, 0.1) is 5.92 Å². The number of carbonyl (C=O) groups excluding carboxylic acids is 3. The minimum Gasteiger partial charge on any atom is -0.314 e. The summed E-state index contributed by atoms with van der Waals surface area (Å²) >= 11 is 0. The first kappa shape index (κ1) is 8.70. The summed E-state index contributed by atoms with van der Waals surface area (Å²) in [4.78, 5) is 33.1. The highest BCUT2D eigenvalue weighted by Crippen LogP contribution is 2.01. The van der Waals surface area contributed by atoms with Gasteiger partial charge in [-0.05, 0) is 0 Å². The third-order valence-corrected chi connectivity index (χ3v) is 1.61. The van der Waals surface area contributed by atoms with Crippen LogP contribution in [0.4, 0.5) is 4.79 Å². The van der Waals surface area contributed by atoms with Gasteiger partial charge in [-0.25, -0.2) is 4.79 Å². The van der Waals surface area contributed by atoms with E-state index < -0.39 is 6.03 Å². The van der Waals surface area contributed by atoms with Crippen LogP contribution in [0.15, 0.2) is 0 Å². The number of nitrogens with zero attached hydrogens (tertiary/aromatic N) is 1. The number of amides is 3. The first-order valence-electron chi connectivity index (χ1n) is 3.67. The van der Waals surface area contributed by atoms with Gasteiger partial charge in [0, 0.05) is 12.5 Å². The minimum atomic E-state index is -0.409. The Bertz CT molecular complexity index is 227. The van der Waals surface area contributed by atoms with E-state index in [0.717, 1.165) is 6.29 Å². The van der Waals surface area contributed by atoms with Crippen LogP contribution in [-0.4, -0.2) is 36.2 Å². The molecular formula is C7H10N2O3. The van der Waals surface area contributed by atoms with Gasteiger partial charge in [-0.15, -0.1) is 0 Å². The molecule has 1 aliphatic rings. The van der Waals surface area contributed by atoms with Gasteiger partial charge in [-0.2, -0.15) is 0 Å². The van der Waals surface area contributed by atoms with Crippen molar-refractivity contribution in [3.63, 3.8) is 0 Å². The molecule has 1 saturated heterocycles. The Kier molecular flexibility index (Phi) is 2.42. The molecule has 0 saturated carbocycles. The molecule has 1 unspecified atom stereocenters. The minimum absolute atomic E-state index is 0.0665. The summed E-state index contributed by atoms with van der Waals surface area (Å²) in [5, 5.41) is 2.13. The third-order valence-electron chi connectivity index (χ3n) is 1.61. The smallest absolute Gasteiger partial charge is 0.314 e. The van der Waals surface area contributed by atoms with Crippen molar-refractivity contribution in [3.05, 3.63) is 0 Å². The molecule has 0 aliphatic carbocycles. The van der Waals surface area contributed by atoms with Crippen LogP contribution >= 0.6 is 0 Å². The van der Waals surface area contributed by atoms with Crippen molar-refractivity contribution >= 4 is 18.2 Å². The molecule has 1 aliphatic heterocycles. The Morgan fingerprint density at radius 1 is 1.67 bits per heavy atom. The molecule has 1 heterocycles. The van der Waals surface area contributed by atoms with Gasteiger partial charge >= 0.3 is 6.03 Å². The summed E-state index contributed by atoms with van der Waals surface area (Å²) in [6.45, 7) is 2.07. The molecule has 0 spiro atoms. The van der Waals surface area contributed by atoms with E-state index in [9.17, 15) is 14.4 Å². The first-order chi connectivity index (χ1) is 5.63. The highest BCUT2D eigenvalue weighted by molar-refractivity contribution is 6.01. The SMILES string of the molecule is CC(C=O)CN1CC(=O)NC1=O. The Balaban J connectivity index is 2.48. The van der Waals surface area contributed by atoms with Crippen LogP contribution < -0.4 is 5.32 Å². The number of carbonyl (C=O) groups is 3. The van der Waals surface area contributed by atoms with E-state index in [0.29, 0.717) is 6.54 Å². The van der Waals surface area contributed by atoms with E-state index >= 15 is 0 Å². The van der Waals surface area contributed by atoms with Gasteiger partial charge in [-0.1, -0.05) is 6.92 Å². The first-order valence-corrected chi connectivity index (χ1v) is 3.67. The summed E-state index contributed by atoms with van der Waals surface area (Å²) in [6.07, 6.45) is 0.760. The molecule has 12 heavy (non-hydrogen) atoms. The number of urea groups is 1. The average Bonchev–Trinajstić information content (AvgIpc) is 2.30. The fourth-order valence-corrected chi connectivity index (χ4v) is 1.02. The van der Waals surface area contributed by atoms with Gasteiger partial charge in [0.05, 0.1) is 0 Å². The van der Waals surface area contributed by atoms with Gasteiger partial charge in [0.25, 0.3) is 0 Å². The van der Waals surface area contributed by atoms with E-state index in [1.807, 2.05) is 0 Å².